The Kier molecular flexibility index (Phi) is 11.3. The molecule has 0 aliphatic heterocycles. The van der Waals surface area contributed by atoms with Crippen molar-refractivity contribution in [3.8, 4) is 0 Å². The molecule has 0 heterocycles. The standard InChI is InChI=1S/C15H34O9P2/c1-14(2,13-23-25(16,17)18)9-5-7-11-22-12-8-6-10-15(3,4)24-26(19,20)21/h5-13H2,1-4H3,(H2,16,17,18)(H2,19,20,21). The summed E-state index contributed by atoms with van der Waals surface area (Å²) in [6, 6.07) is 0. The Balaban J connectivity index is 3.68. The topological polar surface area (TPSA) is 143 Å². The molecule has 4 N–H and O–H groups in total. The summed E-state index contributed by atoms with van der Waals surface area (Å²) in [5.41, 5.74) is -1.19. The smallest absolute Gasteiger partial charge is 0.381 e. The van der Waals surface area contributed by atoms with Crippen LogP contribution >= 0.6 is 15.6 Å². The van der Waals surface area contributed by atoms with Crippen LogP contribution in [-0.2, 0) is 22.9 Å². The molecule has 0 radical (unpaired) electrons. The van der Waals surface area contributed by atoms with Gasteiger partial charge in [-0.2, -0.15) is 0 Å². The average Bonchev–Trinajstić information content (AvgIpc) is 2.40. The molecule has 0 aromatic heterocycles. The van der Waals surface area contributed by atoms with Crippen LogP contribution in [0.25, 0.3) is 0 Å². The number of phosphoric ester groups is 2. The summed E-state index contributed by atoms with van der Waals surface area (Å²) in [6.07, 6.45) is 4.50. The largest absolute Gasteiger partial charge is 0.470 e. The van der Waals surface area contributed by atoms with E-state index in [0.29, 0.717) is 19.6 Å². The summed E-state index contributed by atoms with van der Waals surface area (Å²) in [4.78, 5) is 35.1. The molecule has 0 aromatic carbocycles. The zero-order chi connectivity index (χ0) is 20.5. The van der Waals surface area contributed by atoms with Crippen LogP contribution in [0.5, 0.6) is 0 Å². The van der Waals surface area contributed by atoms with E-state index in [2.05, 4.69) is 4.52 Å². The average molecular weight is 420 g/mol. The SMILES string of the molecule is CC(C)(CCCCOCCCCC(C)(C)OP(=O)(O)O)COP(=O)(O)O. The minimum absolute atomic E-state index is 0.00457. The molecule has 0 saturated heterocycles. The van der Waals surface area contributed by atoms with Crippen LogP contribution in [-0.4, -0.2) is 45.0 Å². The molecule has 158 valence electrons. The molecule has 0 fully saturated rings. The van der Waals surface area contributed by atoms with Crippen LogP contribution in [0.15, 0.2) is 0 Å². The first-order valence-electron chi connectivity index (χ1n) is 8.66. The zero-order valence-corrected chi connectivity index (χ0v) is 17.9. The van der Waals surface area contributed by atoms with E-state index < -0.39 is 21.2 Å². The number of phosphoric acid groups is 2. The molecule has 0 bridgehead atoms. The van der Waals surface area contributed by atoms with Crippen molar-refractivity contribution in [3.05, 3.63) is 0 Å². The van der Waals surface area contributed by atoms with Gasteiger partial charge in [0.05, 0.1) is 12.2 Å². The monoisotopic (exact) mass is 420 g/mol. The first kappa shape index (κ1) is 26.2. The Morgan fingerprint density at radius 1 is 0.769 bits per heavy atom. The third-order valence-electron chi connectivity index (χ3n) is 3.70. The van der Waals surface area contributed by atoms with E-state index in [1.807, 2.05) is 13.8 Å². The first-order chi connectivity index (χ1) is 11.6. The Labute approximate surface area is 155 Å². The van der Waals surface area contributed by atoms with E-state index in [9.17, 15) is 9.13 Å². The second kappa shape index (κ2) is 11.2. The lowest BCUT2D eigenvalue weighted by molar-refractivity contribution is 0.0520. The molecule has 0 aliphatic rings. The lowest BCUT2D eigenvalue weighted by Crippen LogP contribution is -2.22. The van der Waals surface area contributed by atoms with Crippen LogP contribution < -0.4 is 0 Å². The van der Waals surface area contributed by atoms with Crippen LogP contribution in [0, 0.1) is 5.41 Å². The summed E-state index contributed by atoms with van der Waals surface area (Å²) < 4.78 is 36.4. The van der Waals surface area contributed by atoms with Crippen LogP contribution in [0.3, 0.4) is 0 Å². The van der Waals surface area contributed by atoms with Gasteiger partial charge in [0, 0.05) is 13.2 Å². The molecule has 0 aromatic rings. The minimum Gasteiger partial charge on any atom is -0.381 e. The fourth-order valence-electron chi connectivity index (χ4n) is 2.36. The highest BCUT2D eigenvalue weighted by atomic mass is 31.2. The second-order valence-electron chi connectivity index (χ2n) is 7.80. The molecule has 0 amide bonds. The molecule has 0 unspecified atom stereocenters. The number of unbranched alkanes of at least 4 members (excludes halogenated alkanes) is 2. The predicted molar refractivity (Wildman–Crippen MR) is 97.5 cm³/mol. The van der Waals surface area contributed by atoms with Crippen molar-refractivity contribution >= 4 is 15.6 Å². The van der Waals surface area contributed by atoms with Gasteiger partial charge in [-0.15, -0.1) is 0 Å². The van der Waals surface area contributed by atoms with Crippen molar-refractivity contribution in [1.29, 1.82) is 0 Å². The van der Waals surface area contributed by atoms with Gasteiger partial charge >= 0.3 is 15.6 Å². The molecule has 11 heteroatoms. The van der Waals surface area contributed by atoms with Crippen molar-refractivity contribution in [2.45, 2.75) is 71.8 Å². The fraction of sp³-hybridized carbons (Fsp3) is 1.00. The summed E-state index contributed by atoms with van der Waals surface area (Å²) in [7, 11) is -8.90. The number of hydrogen-bond donors (Lipinski definition) is 4. The van der Waals surface area contributed by atoms with E-state index in [-0.39, 0.29) is 12.0 Å². The van der Waals surface area contributed by atoms with Crippen molar-refractivity contribution in [2.24, 2.45) is 5.41 Å². The Bertz CT molecular complexity index is 482. The van der Waals surface area contributed by atoms with Crippen LogP contribution in [0.4, 0.5) is 0 Å². The highest BCUT2D eigenvalue weighted by molar-refractivity contribution is 7.46. The van der Waals surface area contributed by atoms with Crippen molar-refractivity contribution in [3.63, 3.8) is 0 Å². The molecule has 9 nitrogen and oxygen atoms in total. The van der Waals surface area contributed by atoms with Gasteiger partial charge in [0.25, 0.3) is 0 Å². The van der Waals surface area contributed by atoms with Crippen molar-refractivity contribution < 1.29 is 42.5 Å². The summed E-state index contributed by atoms with van der Waals surface area (Å²) in [5, 5.41) is 0. The quantitative estimate of drug-likeness (QED) is 0.232. The third kappa shape index (κ3) is 17.6. The maximum absolute atomic E-state index is 10.8. The van der Waals surface area contributed by atoms with Gasteiger partial charge in [-0.25, -0.2) is 9.13 Å². The maximum Gasteiger partial charge on any atom is 0.470 e. The number of rotatable bonds is 15. The lowest BCUT2D eigenvalue weighted by Gasteiger charge is -2.25. The zero-order valence-electron chi connectivity index (χ0n) is 16.1. The third-order valence-corrected chi connectivity index (χ3v) is 4.90. The molecule has 0 atom stereocenters. The van der Waals surface area contributed by atoms with Gasteiger partial charge in [-0.3, -0.25) is 9.05 Å². The van der Waals surface area contributed by atoms with E-state index in [1.165, 1.54) is 0 Å². The molecule has 0 spiro atoms. The van der Waals surface area contributed by atoms with Crippen LogP contribution in [0.2, 0.25) is 0 Å². The van der Waals surface area contributed by atoms with Gasteiger partial charge in [0.1, 0.15) is 0 Å². The van der Waals surface area contributed by atoms with E-state index in [1.54, 1.807) is 13.8 Å². The highest BCUT2D eigenvalue weighted by Gasteiger charge is 2.28. The molecule has 0 aliphatic carbocycles. The summed E-state index contributed by atoms with van der Waals surface area (Å²) >= 11 is 0. The second-order valence-corrected chi connectivity index (χ2v) is 10.2. The fourth-order valence-corrected chi connectivity index (χ4v) is 3.62. The number of hydrogen-bond acceptors (Lipinski definition) is 5. The van der Waals surface area contributed by atoms with E-state index in [0.717, 1.165) is 32.1 Å². The minimum atomic E-state index is -4.47. The number of ether oxygens (including phenoxy) is 1. The Morgan fingerprint density at radius 3 is 1.73 bits per heavy atom. The lowest BCUT2D eigenvalue weighted by atomic mass is 9.88. The normalized spacial score (nSPS) is 14.0. The van der Waals surface area contributed by atoms with E-state index in [4.69, 9.17) is 28.8 Å². The van der Waals surface area contributed by atoms with Crippen LogP contribution in [0.1, 0.15) is 66.2 Å². The van der Waals surface area contributed by atoms with Gasteiger partial charge in [-0.05, 0) is 51.4 Å². The van der Waals surface area contributed by atoms with Gasteiger partial charge < -0.3 is 24.3 Å². The first-order valence-corrected chi connectivity index (χ1v) is 11.7. The summed E-state index contributed by atoms with van der Waals surface area (Å²) in [6.45, 7) is 8.24. The Morgan fingerprint density at radius 2 is 1.27 bits per heavy atom. The van der Waals surface area contributed by atoms with Gasteiger partial charge in [0.15, 0.2) is 0 Å². The van der Waals surface area contributed by atoms with Gasteiger partial charge in [-0.1, -0.05) is 20.3 Å². The summed E-state index contributed by atoms with van der Waals surface area (Å²) in [5.74, 6) is 0. The molecule has 0 rings (SSSR count). The highest BCUT2D eigenvalue weighted by Crippen LogP contribution is 2.42. The molecular weight excluding hydrogens is 386 g/mol. The predicted octanol–water partition coefficient (Wildman–Crippen LogP) is 3.37. The molecule has 26 heavy (non-hydrogen) atoms. The molecular formula is C15H34O9P2. The molecule has 0 saturated carbocycles. The van der Waals surface area contributed by atoms with Crippen molar-refractivity contribution in [1.82, 2.24) is 0 Å². The maximum atomic E-state index is 10.8. The van der Waals surface area contributed by atoms with Gasteiger partial charge in [0.2, 0.25) is 0 Å². The van der Waals surface area contributed by atoms with Crippen molar-refractivity contribution in [2.75, 3.05) is 19.8 Å². The Hall–Kier alpha value is 0.180. The van der Waals surface area contributed by atoms with E-state index >= 15 is 0 Å².